The van der Waals surface area contributed by atoms with E-state index in [1.54, 1.807) is 11.8 Å². The van der Waals surface area contributed by atoms with Crippen LogP contribution < -0.4 is 0 Å². The molecule has 0 unspecified atom stereocenters. The molecular weight excluding hydrogens is 362 g/mol. The van der Waals surface area contributed by atoms with Gasteiger partial charge in [0.15, 0.2) is 5.60 Å². The maximum atomic E-state index is 12.8. The van der Waals surface area contributed by atoms with Crippen molar-refractivity contribution in [3.8, 4) is 0 Å². The van der Waals surface area contributed by atoms with Gasteiger partial charge in [-0.25, -0.2) is 9.69 Å². The Labute approximate surface area is 164 Å². The molecule has 150 valence electrons. The van der Waals surface area contributed by atoms with Gasteiger partial charge in [0.05, 0.1) is 0 Å². The van der Waals surface area contributed by atoms with Crippen molar-refractivity contribution in [3.63, 3.8) is 0 Å². The summed E-state index contributed by atoms with van der Waals surface area (Å²) in [4.78, 5) is 53.5. The van der Waals surface area contributed by atoms with E-state index in [-0.39, 0.29) is 5.91 Å². The van der Waals surface area contributed by atoms with Gasteiger partial charge in [0.25, 0.3) is 5.91 Å². The highest BCUT2D eigenvalue weighted by molar-refractivity contribution is 6.05. The van der Waals surface area contributed by atoms with Gasteiger partial charge in [0, 0.05) is 19.6 Å². The number of imide groups is 1. The SMILES string of the molecule is Cc1cccc(CN2CCN(C(=O)CN3C(=O)OC(C)(C)C3=O)[C@@H](C)C2=O)c1. The second kappa shape index (κ2) is 7.26. The predicted octanol–water partition coefficient (Wildman–Crippen LogP) is 1.31. The molecule has 0 aromatic heterocycles. The maximum Gasteiger partial charge on any atom is 0.418 e. The highest BCUT2D eigenvalue weighted by Crippen LogP contribution is 2.24. The first kappa shape index (κ1) is 19.9. The Hall–Kier alpha value is -2.90. The van der Waals surface area contributed by atoms with Crippen LogP contribution in [0.15, 0.2) is 24.3 Å². The molecule has 4 amide bonds. The first-order chi connectivity index (χ1) is 13.1. The first-order valence-electron chi connectivity index (χ1n) is 9.29. The average Bonchev–Trinajstić information content (AvgIpc) is 2.81. The summed E-state index contributed by atoms with van der Waals surface area (Å²) in [7, 11) is 0. The number of aryl methyl sites for hydroxylation is 1. The third-order valence-corrected chi connectivity index (χ3v) is 5.14. The lowest BCUT2D eigenvalue weighted by atomic mass is 10.1. The molecule has 0 aliphatic carbocycles. The third kappa shape index (κ3) is 3.72. The van der Waals surface area contributed by atoms with Gasteiger partial charge in [-0.3, -0.25) is 14.4 Å². The lowest BCUT2D eigenvalue weighted by Crippen LogP contribution is -2.59. The number of rotatable bonds is 4. The normalized spacial score (nSPS) is 21.9. The molecule has 1 aromatic rings. The molecule has 1 atom stereocenters. The zero-order chi connectivity index (χ0) is 20.6. The van der Waals surface area contributed by atoms with E-state index in [1.807, 2.05) is 31.2 Å². The largest absolute Gasteiger partial charge is 0.433 e. The summed E-state index contributed by atoms with van der Waals surface area (Å²) in [6, 6.07) is 7.28. The van der Waals surface area contributed by atoms with Crippen molar-refractivity contribution >= 4 is 23.8 Å². The molecule has 3 rings (SSSR count). The number of ether oxygens (including phenoxy) is 1. The van der Waals surface area contributed by atoms with Gasteiger partial charge >= 0.3 is 6.09 Å². The Morgan fingerprint density at radius 2 is 1.93 bits per heavy atom. The second-order valence-corrected chi connectivity index (χ2v) is 7.78. The molecule has 2 heterocycles. The summed E-state index contributed by atoms with van der Waals surface area (Å²) in [6.07, 6.45) is -0.833. The van der Waals surface area contributed by atoms with Gasteiger partial charge in [-0.1, -0.05) is 29.8 Å². The van der Waals surface area contributed by atoms with Crippen molar-refractivity contribution in [2.45, 2.75) is 45.9 Å². The molecule has 2 aliphatic rings. The van der Waals surface area contributed by atoms with Gasteiger partial charge in [-0.15, -0.1) is 0 Å². The van der Waals surface area contributed by atoms with Gasteiger partial charge < -0.3 is 14.5 Å². The first-order valence-corrected chi connectivity index (χ1v) is 9.29. The molecular formula is C20H25N3O5. The van der Waals surface area contributed by atoms with Gasteiger partial charge in [-0.05, 0) is 33.3 Å². The van der Waals surface area contributed by atoms with Crippen molar-refractivity contribution in [3.05, 3.63) is 35.4 Å². The van der Waals surface area contributed by atoms with E-state index < -0.39 is 36.1 Å². The minimum atomic E-state index is -1.27. The molecule has 8 heteroatoms. The standard InChI is InChI=1S/C20H25N3O5/c1-13-6-5-7-15(10-13)11-21-8-9-22(14(2)17(21)25)16(24)12-23-18(26)20(3,4)28-19(23)27/h5-7,10,14H,8-9,11-12H2,1-4H3/t14-/m0/s1. The predicted molar refractivity (Wildman–Crippen MR) is 100 cm³/mol. The molecule has 28 heavy (non-hydrogen) atoms. The zero-order valence-electron chi connectivity index (χ0n) is 16.6. The van der Waals surface area contributed by atoms with Crippen LogP contribution in [0.4, 0.5) is 4.79 Å². The Bertz CT molecular complexity index is 835. The van der Waals surface area contributed by atoms with Crippen molar-refractivity contribution in [1.82, 2.24) is 14.7 Å². The highest BCUT2D eigenvalue weighted by atomic mass is 16.6. The van der Waals surface area contributed by atoms with Crippen LogP contribution in [0.3, 0.4) is 0 Å². The molecule has 2 aliphatic heterocycles. The summed E-state index contributed by atoms with van der Waals surface area (Å²) < 4.78 is 4.99. The molecule has 0 bridgehead atoms. The minimum Gasteiger partial charge on any atom is -0.433 e. The number of piperazine rings is 1. The van der Waals surface area contributed by atoms with Crippen LogP contribution in [0.5, 0.6) is 0 Å². The number of carbonyl (C=O) groups excluding carboxylic acids is 4. The van der Waals surface area contributed by atoms with E-state index in [9.17, 15) is 19.2 Å². The Morgan fingerprint density at radius 1 is 1.21 bits per heavy atom. The van der Waals surface area contributed by atoms with E-state index in [1.165, 1.54) is 18.7 Å². The van der Waals surface area contributed by atoms with Crippen molar-refractivity contribution in [1.29, 1.82) is 0 Å². The number of benzene rings is 1. The molecule has 0 N–H and O–H groups in total. The number of carbonyl (C=O) groups is 4. The Kier molecular flexibility index (Phi) is 5.14. The van der Waals surface area contributed by atoms with Crippen molar-refractivity contribution < 1.29 is 23.9 Å². The van der Waals surface area contributed by atoms with Crippen LogP contribution in [0.25, 0.3) is 0 Å². The summed E-state index contributed by atoms with van der Waals surface area (Å²) in [5.41, 5.74) is 0.885. The smallest absolute Gasteiger partial charge is 0.418 e. The highest BCUT2D eigenvalue weighted by Gasteiger charge is 2.48. The second-order valence-electron chi connectivity index (χ2n) is 7.78. The number of nitrogens with zero attached hydrogens (tertiary/aromatic N) is 3. The van der Waals surface area contributed by atoms with Crippen LogP contribution in [0.2, 0.25) is 0 Å². The fourth-order valence-electron chi connectivity index (χ4n) is 3.55. The molecule has 2 fully saturated rings. The van der Waals surface area contributed by atoms with Crippen LogP contribution in [-0.2, 0) is 25.7 Å². The van der Waals surface area contributed by atoms with Crippen LogP contribution >= 0.6 is 0 Å². The van der Waals surface area contributed by atoms with Gasteiger partial charge in [-0.2, -0.15) is 0 Å². The lowest BCUT2D eigenvalue weighted by molar-refractivity contribution is -0.152. The number of cyclic esters (lactones) is 1. The quantitative estimate of drug-likeness (QED) is 0.777. The molecule has 0 spiro atoms. The Morgan fingerprint density at radius 3 is 2.54 bits per heavy atom. The minimum absolute atomic E-state index is 0.156. The zero-order valence-corrected chi connectivity index (χ0v) is 16.6. The van der Waals surface area contributed by atoms with E-state index in [0.29, 0.717) is 19.6 Å². The average molecular weight is 387 g/mol. The maximum absolute atomic E-state index is 12.8. The van der Waals surface area contributed by atoms with Gasteiger partial charge in [0.1, 0.15) is 12.6 Å². The van der Waals surface area contributed by atoms with Crippen LogP contribution in [-0.4, -0.2) is 69.8 Å². The number of hydrogen-bond acceptors (Lipinski definition) is 5. The fraction of sp³-hybridized carbons (Fsp3) is 0.500. The summed E-state index contributed by atoms with van der Waals surface area (Å²) >= 11 is 0. The summed E-state index contributed by atoms with van der Waals surface area (Å²) in [5, 5.41) is 0. The summed E-state index contributed by atoms with van der Waals surface area (Å²) in [6.45, 7) is 7.43. The molecule has 0 radical (unpaired) electrons. The van der Waals surface area contributed by atoms with E-state index in [0.717, 1.165) is 16.0 Å². The van der Waals surface area contributed by atoms with E-state index in [2.05, 4.69) is 0 Å². The monoisotopic (exact) mass is 387 g/mol. The lowest BCUT2D eigenvalue weighted by Gasteiger charge is -2.39. The third-order valence-electron chi connectivity index (χ3n) is 5.14. The van der Waals surface area contributed by atoms with Gasteiger partial charge in [0.2, 0.25) is 11.8 Å². The van der Waals surface area contributed by atoms with Crippen molar-refractivity contribution in [2.24, 2.45) is 0 Å². The van der Waals surface area contributed by atoms with E-state index >= 15 is 0 Å². The molecule has 8 nitrogen and oxygen atoms in total. The molecule has 0 saturated carbocycles. The number of amides is 4. The van der Waals surface area contributed by atoms with E-state index in [4.69, 9.17) is 4.74 Å². The van der Waals surface area contributed by atoms with Crippen molar-refractivity contribution in [2.75, 3.05) is 19.6 Å². The molecule has 1 aromatic carbocycles. The summed E-state index contributed by atoms with van der Waals surface area (Å²) in [5.74, 6) is -1.15. The molecule has 2 saturated heterocycles. The van der Waals surface area contributed by atoms with Crippen LogP contribution in [0.1, 0.15) is 31.9 Å². The topological polar surface area (TPSA) is 87.2 Å². The van der Waals surface area contributed by atoms with Crippen LogP contribution in [0, 0.1) is 6.92 Å². The fourth-order valence-corrected chi connectivity index (χ4v) is 3.55. The Balaban J connectivity index is 1.64. The number of hydrogen-bond donors (Lipinski definition) is 0.